The minimum Gasteiger partial charge on any atom is -0.457 e. The molecule has 2 aromatic heterocycles. The van der Waals surface area contributed by atoms with Crippen molar-refractivity contribution in [3.05, 3.63) is 241 Å². The SMILES string of the molecule is c1ccc(-c2cc(-c3ccc(-c4cccc5c4oc4ccccc45)cc3)nc(-c3ccc(-c4cccc5c4C4(c6ccccc6Oc6ccccc64)c4ccccc4-5)cc3)n2)cc1. The molecule has 1 aliphatic carbocycles. The topological polar surface area (TPSA) is 48.2 Å². The highest BCUT2D eigenvalue weighted by molar-refractivity contribution is 6.09. The molecule has 11 aromatic rings. The molecule has 3 heterocycles. The number of furan rings is 1. The zero-order valence-corrected chi connectivity index (χ0v) is 34.0. The Kier molecular flexibility index (Phi) is 7.79. The van der Waals surface area contributed by atoms with Crippen molar-refractivity contribution in [3.8, 4) is 78.8 Å². The fourth-order valence-electron chi connectivity index (χ4n) is 10.2. The van der Waals surface area contributed by atoms with Gasteiger partial charge in [0.25, 0.3) is 0 Å². The summed E-state index contributed by atoms with van der Waals surface area (Å²) in [4.78, 5) is 10.4. The van der Waals surface area contributed by atoms with E-state index in [4.69, 9.17) is 19.1 Å². The van der Waals surface area contributed by atoms with Gasteiger partial charge in [-0.3, -0.25) is 0 Å². The van der Waals surface area contributed by atoms with Crippen LogP contribution in [0.3, 0.4) is 0 Å². The van der Waals surface area contributed by atoms with Crippen molar-refractivity contribution in [2.45, 2.75) is 5.41 Å². The number of rotatable bonds is 5. The highest BCUT2D eigenvalue weighted by Crippen LogP contribution is 2.63. The van der Waals surface area contributed by atoms with Gasteiger partial charge in [0, 0.05) is 44.2 Å². The Morgan fingerprint density at radius 1 is 0.349 bits per heavy atom. The first-order valence-corrected chi connectivity index (χ1v) is 21.4. The number of ether oxygens (including phenoxy) is 1. The van der Waals surface area contributed by atoms with E-state index in [2.05, 4.69) is 200 Å². The van der Waals surface area contributed by atoms with Crippen molar-refractivity contribution in [2.75, 3.05) is 0 Å². The van der Waals surface area contributed by atoms with E-state index in [1.165, 1.54) is 27.8 Å². The summed E-state index contributed by atoms with van der Waals surface area (Å²) in [5, 5.41) is 2.24. The number of para-hydroxylation sites is 4. The molecule has 0 bridgehead atoms. The molecule has 9 aromatic carbocycles. The number of fused-ring (bicyclic) bond motifs is 12. The van der Waals surface area contributed by atoms with Crippen LogP contribution < -0.4 is 4.74 Å². The van der Waals surface area contributed by atoms with Gasteiger partial charge in [-0.1, -0.05) is 194 Å². The van der Waals surface area contributed by atoms with Gasteiger partial charge in [0.1, 0.15) is 22.7 Å². The summed E-state index contributed by atoms with van der Waals surface area (Å²) < 4.78 is 13.0. The molecule has 0 atom stereocenters. The van der Waals surface area contributed by atoms with Gasteiger partial charge in [0.15, 0.2) is 5.82 Å². The standard InChI is InChI=1S/C59H36N2O2/c1-2-14-39(15-3-1)51-36-52(40-32-28-38(29-33-40)43-19-13-21-47-45-17-5-9-25-53(45)63-57(43)47)61-58(60-51)41-34-30-37(31-35-41)42-18-12-20-46-44-16-4-6-22-48(44)59(56(42)46)49-23-7-10-26-54(49)62-55-27-11-8-24-50(55)59/h1-36H. The number of nitrogens with zero attached hydrogens (tertiary/aromatic N) is 2. The summed E-state index contributed by atoms with van der Waals surface area (Å²) in [6.07, 6.45) is 0. The summed E-state index contributed by atoms with van der Waals surface area (Å²) >= 11 is 0. The average Bonchev–Trinajstić information content (AvgIpc) is 3.89. The monoisotopic (exact) mass is 804 g/mol. The minimum atomic E-state index is -0.567. The summed E-state index contributed by atoms with van der Waals surface area (Å²) in [6.45, 7) is 0. The molecule has 0 fully saturated rings. The lowest BCUT2D eigenvalue weighted by Crippen LogP contribution is -2.32. The van der Waals surface area contributed by atoms with Crippen molar-refractivity contribution in [1.29, 1.82) is 0 Å². The molecule has 294 valence electrons. The lowest BCUT2D eigenvalue weighted by molar-refractivity contribution is 0.436. The van der Waals surface area contributed by atoms with Gasteiger partial charge in [-0.2, -0.15) is 0 Å². The number of benzene rings is 9. The molecule has 0 amide bonds. The van der Waals surface area contributed by atoms with Crippen molar-refractivity contribution in [2.24, 2.45) is 0 Å². The van der Waals surface area contributed by atoms with E-state index >= 15 is 0 Å². The van der Waals surface area contributed by atoms with Gasteiger partial charge in [-0.05, 0) is 63.2 Å². The van der Waals surface area contributed by atoms with E-state index in [0.717, 1.165) is 89.3 Å². The Bertz CT molecular complexity index is 3540. The normalized spacial score (nSPS) is 13.0. The first kappa shape index (κ1) is 35.4. The maximum absolute atomic E-state index is 6.62. The molecule has 1 aliphatic heterocycles. The Morgan fingerprint density at radius 3 is 1.60 bits per heavy atom. The zero-order valence-electron chi connectivity index (χ0n) is 34.0. The first-order chi connectivity index (χ1) is 31.2. The predicted octanol–water partition coefficient (Wildman–Crippen LogP) is 15.2. The molecular weight excluding hydrogens is 769 g/mol. The summed E-state index contributed by atoms with van der Waals surface area (Å²) in [5.41, 5.74) is 17.7. The van der Waals surface area contributed by atoms with E-state index in [1.54, 1.807) is 0 Å². The fourth-order valence-corrected chi connectivity index (χ4v) is 10.2. The van der Waals surface area contributed by atoms with Gasteiger partial charge in [0.2, 0.25) is 0 Å². The number of hydrogen-bond donors (Lipinski definition) is 0. The Hall–Kier alpha value is -8.34. The quantitative estimate of drug-likeness (QED) is 0.174. The van der Waals surface area contributed by atoms with Crippen LogP contribution in [0.25, 0.3) is 89.2 Å². The smallest absolute Gasteiger partial charge is 0.160 e. The molecule has 0 unspecified atom stereocenters. The number of aromatic nitrogens is 2. The third-order valence-electron chi connectivity index (χ3n) is 13.0. The fraction of sp³-hybridized carbons (Fsp3) is 0.0169. The predicted molar refractivity (Wildman–Crippen MR) is 254 cm³/mol. The second-order valence-electron chi connectivity index (χ2n) is 16.4. The molecule has 63 heavy (non-hydrogen) atoms. The van der Waals surface area contributed by atoms with Crippen molar-refractivity contribution >= 4 is 21.9 Å². The Balaban J connectivity index is 0.925. The second-order valence-corrected chi connectivity index (χ2v) is 16.4. The van der Waals surface area contributed by atoms with Crippen molar-refractivity contribution in [1.82, 2.24) is 9.97 Å². The highest BCUT2D eigenvalue weighted by Gasteiger charge is 2.52. The van der Waals surface area contributed by atoms with Gasteiger partial charge < -0.3 is 9.15 Å². The van der Waals surface area contributed by atoms with E-state index in [1.807, 2.05) is 18.2 Å². The van der Waals surface area contributed by atoms with Crippen LogP contribution in [-0.2, 0) is 5.41 Å². The molecule has 0 N–H and O–H groups in total. The largest absolute Gasteiger partial charge is 0.457 e. The zero-order chi connectivity index (χ0) is 41.5. The van der Waals surface area contributed by atoms with Gasteiger partial charge in [0.05, 0.1) is 16.8 Å². The maximum atomic E-state index is 6.62. The van der Waals surface area contributed by atoms with Crippen molar-refractivity contribution < 1.29 is 9.15 Å². The van der Waals surface area contributed by atoms with E-state index in [-0.39, 0.29) is 0 Å². The third kappa shape index (κ3) is 5.35. The molecule has 1 spiro atoms. The molecule has 4 heteroatoms. The third-order valence-corrected chi connectivity index (χ3v) is 13.0. The lowest BCUT2D eigenvalue weighted by atomic mass is 9.64. The van der Waals surface area contributed by atoms with Crippen LogP contribution in [0.15, 0.2) is 223 Å². The molecular formula is C59H36N2O2. The summed E-state index contributed by atoms with van der Waals surface area (Å²) in [6, 6.07) is 77.1. The average molecular weight is 805 g/mol. The molecule has 0 saturated heterocycles. The maximum Gasteiger partial charge on any atom is 0.160 e. The van der Waals surface area contributed by atoms with Crippen LogP contribution in [0, 0.1) is 0 Å². The van der Waals surface area contributed by atoms with Gasteiger partial charge >= 0.3 is 0 Å². The molecule has 4 nitrogen and oxygen atoms in total. The first-order valence-electron chi connectivity index (χ1n) is 21.4. The van der Waals surface area contributed by atoms with E-state index in [0.29, 0.717) is 5.82 Å². The molecule has 0 saturated carbocycles. The van der Waals surface area contributed by atoms with Crippen LogP contribution in [0.2, 0.25) is 0 Å². The van der Waals surface area contributed by atoms with Gasteiger partial charge in [-0.15, -0.1) is 0 Å². The summed E-state index contributed by atoms with van der Waals surface area (Å²) in [7, 11) is 0. The van der Waals surface area contributed by atoms with E-state index < -0.39 is 5.41 Å². The second kappa shape index (κ2) is 13.8. The molecule has 0 radical (unpaired) electrons. The van der Waals surface area contributed by atoms with Gasteiger partial charge in [-0.25, -0.2) is 9.97 Å². The van der Waals surface area contributed by atoms with Crippen LogP contribution in [0.4, 0.5) is 0 Å². The highest BCUT2D eigenvalue weighted by atomic mass is 16.5. The Labute approximate surface area is 364 Å². The van der Waals surface area contributed by atoms with Crippen LogP contribution >= 0.6 is 0 Å². The Morgan fingerprint density at radius 2 is 0.857 bits per heavy atom. The number of hydrogen-bond acceptors (Lipinski definition) is 4. The minimum absolute atomic E-state index is 0.567. The van der Waals surface area contributed by atoms with Crippen molar-refractivity contribution in [3.63, 3.8) is 0 Å². The molecule has 2 aliphatic rings. The molecule has 13 rings (SSSR count). The van der Waals surface area contributed by atoms with Crippen LogP contribution in [0.5, 0.6) is 11.5 Å². The lowest BCUT2D eigenvalue weighted by Gasteiger charge is -2.40. The van der Waals surface area contributed by atoms with Crippen LogP contribution in [-0.4, -0.2) is 9.97 Å². The van der Waals surface area contributed by atoms with Crippen LogP contribution in [0.1, 0.15) is 22.3 Å². The summed E-state index contributed by atoms with van der Waals surface area (Å²) in [5.74, 6) is 2.44. The van der Waals surface area contributed by atoms with E-state index in [9.17, 15) is 0 Å².